The fourth-order valence-electron chi connectivity index (χ4n) is 1.90. The molecular weight excluding hydrogens is 308 g/mol. The van der Waals surface area contributed by atoms with Crippen molar-refractivity contribution < 1.29 is 0 Å². The van der Waals surface area contributed by atoms with E-state index in [1.54, 1.807) is 11.3 Å². The number of benzene rings is 1. The molecule has 0 aliphatic rings. The highest BCUT2D eigenvalue weighted by Crippen LogP contribution is 2.32. The molecule has 0 saturated heterocycles. The van der Waals surface area contributed by atoms with Gasteiger partial charge in [-0.05, 0) is 45.0 Å². The Morgan fingerprint density at radius 2 is 2.00 bits per heavy atom. The lowest BCUT2D eigenvalue weighted by Gasteiger charge is -2.16. The van der Waals surface area contributed by atoms with Gasteiger partial charge in [0.15, 0.2) is 0 Å². The van der Waals surface area contributed by atoms with Gasteiger partial charge in [-0.15, -0.1) is 11.3 Å². The average molecular weight is 325 g/mol. The zero-order chi connectivity index (χ0) is 13.3. The van der Waals surface area contributed by atoms with Gasteiger partial charge in [0.2, 0.25) is 0 Å². The molecule has 1 heterocycles. The summed E-state index contributed by atoms with van der Waals surface area (Å²) in [5.41, 5.74) is 3.61. The Morgan fingerprint density at radius 3 is 2.50 bits per heavy atom. The van der Waals surface area contributed by atoms with Crippen molar-refractivity contribution in [2.24, 2.45) is 0 Å². The third kappa shape index (κ3) is 2.66. The molecule has 0 bridgehead atoms. The molecule has 96 valence electrons. The minimum atomic E-state index is 0.150. The Labute approximate surface area is 121 Å². The molecule has 18 heavy (non-hydrogen) atoms. The van der Waals surface area contributed by atoms with Gasteiger partial charge in [0.05, 0.1) is 11.7 Å². The van der Waals surface area contributed by atoms with Gasteiger partial charge >= 0.3 is 0 Å². The summed E-state index contributed by atoms with van der Waals surface area (Å²) in [5.74, 6) is 0. The van der Waals surface area contributed by atoms with E-state index in [0.29, 0.717) is 0 Å². The smallest absolute Gasteiger partial charge is 0.115 e. The zero-order valence-corrected chi connectivity index (χ0v) is 13.4. The van der Waals surface area contributed by atoms with Crippen molar-refractivity contribution in [2.75, 3.05) is 7.05 Å². The molecule has 1 atom stereocenters. The van der Waals surface area contributed by atoms with E-state index in [2.05, 4.69) is 65.2 Å². The summed E-state index contributed by atoms with van der Waals surface area (Å²) in [6, 6.07) is 6.59. The minimum absolute atomic E-state index is 0.150. The lowest BCUT2D eigenvalue weighted by atomic mass is 10.1. The first-order valence-electron chi connectivity index (χ1n) is 5.90. The Balaban J connectivity index is 2.45. The minimum Gasteiger partial charge on any atom is -0.307 e. The number of hydrogen-bond acceptors (Lipinski definition) is 3. The first-order chi connectivity index (χ1) is 8.52. The van der Waals surface area contributed by atoms with Crippen LogP contribution < -0.4 is 5.32 Å². The Bertz CT molecular complexity index is 543. The molecule has 0 radical (unpaired) electrons. The molecule has 1 aromatic heterocycles. The second-order valence-electron chi connectivity index (χ2n) is 4.44. The SMILES string of the molecule is CNC(c1nc(C)c(C)s1)c1ccc(C)cc1Br. The molecule has 0 amide bonds. The topological polar surface area (TPSA) is 24.9 Å². The summed E-state index contributed by atoms with van der Waals surface area (Å²) in [4.78, 5) is 5.94. The number of halogens is 1. The van der Waals surface area contributed by atoms with Crippen molar-refractivity contribution in [1.29, 1.82) is 0 Å². The summed E-state index contributed by atoms with van der Waals surface area (Å²) in [7, 11) is 1.98. The maximum absolute atomic E-state index is 4.66. The van der Waals surface area contributed by atoms with Gasteiger partial charge in [0, 0.05) is 9.35 Å². The molecule has 2 aromatic rings. The van der Waals surface area contributed by atoms with Crippen LogP contribution in [0.1, 0.15) is 32.7 Å². The van der Waals surface area contributed by atoms with Crippen molar-refractivity contribution in [3.05, 3.63) is 49.4 Å². The van der Waals surface area contributed by atoms with Crippen LogP contribution in [0.3, 0.4) is 0 Å². The molecule has 2 rings (SSSR count). The van der Waals surface area contributed by atoms with Crippen molar-refractivity contribution in [3.63, 3.8) is 0 Å². The molecule has 0 aliphatic heterocycles. The lowest BCUT2D eigenvalue weighted by molar-refractivity contribution is 0.682. The number of hydrogen-bond donors (Lipinski definition) is 1. The predicted molar refractivity (Wildman–Crippen MR) is 81.4 cm³/mol. The second-order valence-corrected chi connectivity index (χ2v) is 6.53. The quantitative estimate of drug-likeness (QED) is 0.917. The first kappa shape index (κ1) is 13.7. The average Bonchev–Trinajstić information content (AvgIpc) is 2.63. The van der Waals surface area contributed by atoms with Gasteiger partial charge in [-0.2, -0.15) is 0 Å². The standard InChI is InChI=1S/C14H17BrN2S/c1-8-5-6-11(12(15)7-8)13(16-4)14-17-9(2)10(3)18-14/h5-7,13,16H,1-4H3. The Hall–Kier alpha value is -0.710. The molecule has 0 saturated carbocycles. The maximum atomic E-state index is 4.66. The highest BCUT2D eigenvalue weighted by Gasteiger charge is 2.19. The van der Waals surface area contributed by atoms with Crippen LogP contribution >= 0.6 is 27.3 Å². The van der Waals surface area contributed by atoms with Crippen LogP contribution in [-0.4, -0.2) is 12.0 Å². The molecule has 1 unspecified atom stereocenters. The van der Waals surface area contributed by atoms with Crippen molar-refractivity contribution in [1.82, 2.24) is 10.3 Å². The fourth-order valence-corrected chi connectivity index (χ4v) is 3.67. The summed E-state index contributed by atoms with van der Waals surface area (Å²) >= 11 is 5.41. The molecule has 1 N–H and O–H groups in total. The number of rotatable bonds is 3. The van der Waals surface area contributed by atoms with Gasteiger partial charge in [-0.1, -0.05) is 28.1 Å². The molecule has 0 spiro atoms. The van der Waals surface area contributed by atoms with Crippen LogP contribution in [0.2, 0.25) is 0 Å². The monoisotopic (exact) mass is 324 g/mol. The van der Waals surface area contributed by atoms with E-state index >= 15 is 0 Å². The van der Waals surface area contributed by atoms with Crippen LogP contribution in [0.25, 0.3) is 0 Å². The van der Waals surface area contributed by atoms with Crippen LogP contribution in [0.4, 0.5) is 0 Å². The van der Waals surface area contributed by atoms with Gasteiger partial charge in [-0.3, -0.25) is 0 Å². The van der Waals surface area contributed by atoms with Crippen LogP contribution in [-0.2, 0) is 0 Å². The molecule has 2 nitrogen and oxygen atoms in total. The summed E-state index contributed by atoms with van der Waals surface area (Å²) in [6.07, 6.45) is 0. The fraction of sp³-hybridized carbons (Fsp3) is 0.357. The number of aryl methyl sites for hydroxylation is 3. The van der Waals surface area contributed by atoms with Crippen molar-refractivity contribution >= 4 is 27.3 Å². The molecular formula is C14H17BrN2S. The summed E-state index contributed by atoms with van der Waals surface area (Å²) in [5, 5.41) is 4.48. The van der Waals surface area contributed by atoms with E-state index in [4.69, 9.17) is 0 Å². The number of nitrogens with zero attached hydrogens (tertiary/aromatic N) is 1. The third-order valence-corrected chi connectivity index (χ3v) is 4.87. The van der Waals surface area contributed by atoms with E-state index in [1.165, 1.54) is 16.0 Å². The lowest BCUT2D eigenvalue weighted by Crippen LogP contribution is -2.18. The molecule has 0 aliphatic carbocycles. The maximum Gasteiger partial charge on any atom is 0.115 e. The van der Waals surface area contributed by atoms with Crippen LogP contribution in [0.15, 0.2) is 22.7 Å². The van der Waals surface area contributed by atoms with E-state index in [-0.39, 0.29) is 6.04 Å². The van der Waals surface area contributed by atoms with Gasteiger partial charge in [0.1, 0.15) is 5.01 Å². The third-order valence-electron chi connectivity index (χ3n) is 3.05. The van der Waals surface area contributed by atoms with E-state index in [0.717, 1.165) is 15.2 Å². The molecule has 1 aromatic carbocycles. The van der Waals surface area contributed by atoms with E-state index < -0.39 is 0 Å². The number of nitrogens with one attached hydrogen (secondary N) is 1. The normalized spacial score (nSPS) is 12.7. The highest BCUT2D eigenvalue weighted by atomic mass is 79.9. The van der Waals surface area contributed by atoms with Crippen molar-refractivity contribution in [2.45, 2.75) is 26.8 Å². The highest BCUT2D eigenvalue weighted by molar-refractivity contribution is 9.10. The molecule has 4 heteroatoms. The summed E-state index contributed by atoms with van der Waals surface area (Å²) in [6.45, 7) is 6.28. The Kier molecular flexibility index (Phi) is 4.20. The van der Waals surface area contributed by atoms with Gasteiger partial charge in [-0.25, -0.2) is 4.98 Å². The van der Waals surface area contributed by atoms with Crippen LogP contribution in [0.5, 0.6) is 0 Å². The van der Waals surface area contributed by atoms with Gasteiger partial charge in [0.25, 0.3) is 0 Å². The largest absolute Gasteiger partial charge is 0.307 e. The van der Waals surface area contributed by atoms with Gasteiger partial charge < -0.3 is 5.32 Å². The number of thiazole rings is 1. The van der Waals surface area contributed by atoms with Crippen LogP contribution in [0, 0.1) is 20.8 Å². The predicted octanol–water partition coefficient (Wildman–Crippen LogP) is 4.14. The Morgan fingerprint density at radius 1 is 1.28 bits per heavy atom. The zero-order valence-electron chi connectivity index (χ0n) is 11.0. The second kappa shape index (κ2) is 5.51. The number of aromatic nitrogens is 1. The van der Waals surface area contributed by atoms with E-state index in [1.807, 2.05) is 7.05 Å². The molecule has 0 fully saturated rings. The first-order valence-corrected chi connectivity index (χ1v) is 7.51. The van der Waals surface area contributed by atoms with Crippen molar-refractivity contribution in [3.8, 4) is 0 Å². The summed E-state index contributed by atoms with van der Waals surface area (Å²) < 4.78 is 1.13. The van der Waals surface area contributed by atoms with E-state index in [9.17, 15) is 0 Å².